The van der Waals surface area contributed by atoms with Crippen LogP contribution in [-0.4, -0.2) is 17.0 Å². The summed E-state index contributed by atoms with van der Waals surface area (Å²) in [5, 5.41) is 3.25. The summed E-state index contributed by atoms with van der Waals surface area (Å²) < 4.78 is 7.86. The smallest absolute Gasteiger partial charge is 0.202 e. The Hall–Kier alpha value is -3.07. The molecule has 4 aromatic rings. The lowest BCUT2D eigenvalue weighted by Crippen LogP contribution is -2.11. The van der Waals surface area contributed by atoms with Gasteiger partial charge < -0.3 is 9.30 Å². The summed E-state index contributed by atoms with van der Waals surface area (Å²) >= 11 is 0. The average Bonchev–Trinajstić information content (AvgIpc) is 3.05. The molecule has 0 unspecified atom stereocenters. The Labute approximate surface area is 146 Å². The van der Waals surface area contributed by atoms with Gasteiger partial charge in [-0.3, -0.25) is 4.79 Å². The molecule has 1 aromatic heterocycles. The summed E-state index contributed by atoms with van der Waals surface area (Å²) in [6.07, 6.45) is 1.93. The van der Waals surface area contributed by atoms with Gasteiger partial charge in [0.15, 0.2) is 6.61 Å². The van der Waals surface area contributed by atoms with Crippen molar-refractivity contribution in [2.45, 2.75) is 13.5 Å². The number of ether oxygens (including phenoxy) is 1. The molecule has 0 aliphatic carbocycles. The van der Waals surface area contributed by atoms with Crippen molar-refractivity contribution in [3.63, 3.8) is 0 Å². The summed E-state index contributed by atoms with van der Waals surface area (Å²) in [7, 11) is 0. The van der Waals surface area contributed by atoms with Crippen LogP contribution in [0.15, 0.2) is 72.9 Å². The van der Waals surface area contributed by atoms with Crippen LogP contribution in [0.1, 0.15) is 17.3 Å². The molecule has 4 rings (SSSR count). The number of fused-ring (bicyclic) bond motifs is 2. The molecule has 0 fully saturated rings. The molecule has 0 bridgehead atoms. The first-order chi connectivity index (χ1) is 12.3. The van der Waals surface area contributed by atoms with Gasteiger partial charge in [-0.1, -0.05) is 48.5 Å². The van der Waals surface area contributed by atoms with E-state index in [0.29, 0.717) is 5.75 Å². The van der Waals surface area contributed by atoms with E-state index in [0.717, 1.165) is 33.8 Å². The molecule has 3 heteroatoms. The number of hydrogen-bond donors (Lipinski definition) is 0. The third-order valence-electron chi connectivity index (χ3n) is 4.52. The van der Waals surface area contributed by atoms with Crippen LogP contribution in [0.2, 0.25) is 0 Å². The third kappa shape index (κ3) is 2.89. The Morgan fingerprint density at radius 2 is 1.72 bits per heavy atom. The second kappa shape index (κ2) is 6.44. The van der Waals surface area contributed by atoms with E-state index in [4.69, 9.17) is 4.74 Å². The number of carbonyl (C=O) groups is 1. The topological polar surface area (TPSA) is 31.2 Å². The number of para-hydroxylation sites is 1. The second-order valence-electron chi connectivity index (χ2n) is 6.07. The highest BCUT2D eigenvalue weighted by Gasteiger charge is 2.15. The molecule has 25 heavy (non-hydrogen) atoms. The molecule has 0 N–H and O–H groups in total. The number of ketones is 1. The first-order valence-corrected chi connectivity index (χ1v) is 8.49. The van der Waals surface area contributed by atoms with E-state index in [1.54, 1.807) is 0 Å². The van der Waals surface area contributed by atoms with E-state index >= 15 is 0 Å². The molecule has 0 spiro atoms. The fourth-order valence-corrected chi connectivity index (χ4v) is 3.21. The van der Waals surface area contributed by atoms with Gasteiger partial charge in [-0.25, -0.2) is 0 Å². The van der Waals surface area contributed by atoms with E-state index in [-0.39, 0.29) is 12.4 Å². The van der Waals surface area contributed by atoms with Crippen molar-refractivity contribution in [3.8, 4) is 5.75 Å². The Balaban J connectivity index is 1.57. The quantitative estimate of drug-likeness (QED) is 0.478. The minimum Gasteiger partial charge on any atom is -0.485 e. The summed E-state index contributed by atoms with van der Waals surface area (Å²) in [6, 6.07) is 22.0. The minimum absolute atomic E-state index is 0.00319. The molecule has 0 aliphatic heterocycles. The first kappa shape index (κ1) is 15.5. The fraction of sp³-hybridized carbons (Fsp3) is 0.136. The number of aromatic nitrogens is 1. The van der Waals surface area contributed by atoms with Gasteiger partial charge in [-0.15, -0.1) is 0 Å². The Morgan fingerprint density at radius 1 is 0.960 bits per heavy atom. The van der Waals surface area contributed by atoms with E-state index in [1.807, 2.05) is 66.9 Å². The molecule has 0 aliphatic rings. The molecular formula is C22H19NO2. The van der Waals surface area contributed by atoms with Crippen LogP contribution in [0.3, 0.4) is 0 Å². The SMILES string of the molecule is CCn1cc(C(=O)COc2ccc3ccccc3c2)c2ccccc21. The summed E-state index contributed by atoms with van der Waals surface area (Å²) in [5.41, 5.74) is 1.80. The van der Waals surface area contributed by atoms with Gasteiger partial charge >= 0.3 is 0 Å². The average molecular weight is 329 g/mol. The van der Waals surface area contributed by atoms with Crippen molar-refractivity contribution in [2.24, 2.45) is 0 Å². The Bertz CT molecular complexity index is 1060. The van der Waals surface area contributed by atoms with E-state index < -0.39 is 0 Å². The van der Waals surface area contributed by atoms with Crippen molar-refractivity contribution in [2.75, 3.05) is 6.61 Å². The van der Waals surface area contributed by atoms with Crippen molar-refractivity contribution in [1.29, 1.82) is 0 Å². The predicted octanol–water partition coefficient (Wildman–Crippen LogP) is 5.08. The normalized spacial score (nSPS) is 11.1. The van der Waals surface area contributed by atoms with Crippen LogP contribution in [0.5, 0.6) is 5.75 Å². The summed E-state index contributed by atoms with van der Waals surface area (Å²) in [5.74, 6) is 0.711. The number of benzene rings is 3. The maximum Gasteiger partial charge on any atom is 0.202 e. The van der Waals surface area contributed by atoms with Gasteiger partial charge in [-0.2, -0.15) is 0 Å². The zero-order valence-electron chi connectivity index (χ0n) is 14.1. The van der Waals surface area contributed by atoms with Crippen LogP contribution < -0.4 is 4.74 Å². The summed E-state index contributed by atoms with van der Waals surface area (Å²) in [6.45, 7) is 2.95. The Kier molecular flexibility index (Phi) is 3.98. The highest BCUT2D eigenvalue weighted by atomic mass is 16.5. The van der Waals surface area contributed by atoms with Crippen molar-refractivity contribution < 1.29 is 9.53 Å². The Morgan fingerprint density at radius 3 is 2.56 bits per heavy atom. The summed E-state index contributed by atoms with van der Waals surface area (Å²) in [4.78, 5) is 12.7. The molecule has 0 atom stereocenters. The van der Waals surface area contributed by atoms with E-state index in [1.165, 1.54) is 0 Å². The zero-order chi connectivity index (χ0) is 17.2. The van der Waals surface area contributed by atoms with Crippen molar-refractivity contribution >= 4 is 27.5 Å². The van der Waals surface area contributed by atoms with Crippen LogP contribution in [0, 0.1) is 0 Å². The molecular weight excluding hydrogens is 310 g/mol. The van der Waals surface area contributed by atoms with Gasteiger partial charge in [0.05, 0.1) is 0 Å². The maximum atomic E-state index is 12.7. The standard InChI is InChI=1S/C22H19NO2/c1-2-23-14-20(19-9-5-6-10-21(19)23)22(24)15-25-18-12-11-16-7-3-4-8-17(16)13-18/h3-14H,2,15H2,1H3. The molecule has 0 amide bonds. The third-order valence-corrected chi connectivity index (χ3v) is 4.52. The molecule has 0 radical (unpaired) electrons. The van der Waals surface area contributed by atoms with Crippen molar-refractivity contribution in [3.05, 3.63) is 78.5 Å². The monoisotopic (exact) mass is 329 g/mol. The van der Waals surface area contributed by atoms with Gasteiger partial charge in [0.1, 0.15) is 5.75 Å². The maximum absolute atomic E-state index is 12.7. The van der Waals surface area contributed by atoms with E-state index in [9.17, 15) is 4.79 Å². The van der Waals surface area contributed by atoms with Crippen LogP contribution in [0.25, 0.3) is 21.7 Å². The number of rotatable bonds is 5. The number of aryl methyl sites for hydroxylation is 1. The van der Waals surface area contributed by atoms with Gasteiger partial charge in [0, 0.05) is 29.2 Å². The fourth-order valence-electron chi connectivity index (χ4n) is 3.21. The molecule has 124 valence electrons. The van der Waals surface area contributed by atoms with E-state index in [2.05, 4.69) is 17.6 Å². The largest absolute Gasteiger partial charge is 0.485 e. The second-order valence-corrected chi connectivity index (χ2v) is 6.07. The van der Waals surface area contributed by atoms with Gasteiger partial charge in [0.2, 0.25) is 5.78 Å². The number of hydrogen-bond acceptors (Lipinski definition) is 2. The van der Waals surface area contributed by atoms with Crippen LogP contribution >= 0.6 is 0 Å². The lowest BCUT2D eigenvalue weighted by Gasteiger charge is -2.06. The molecule has 0 saturated heterocycles. The molecule has 0 saturated carbocycles. The van der Waals surface area contributed by atoms with Crippen molar-refractivity contribution in [1.82, 2.24) is 4.57 Å². The number of nitrogens with zero attached hydrogens (tertiary/aromatic N) is 1. The van der Waals surface area contributed by atoms with Crippen LogP contribution in [-0.2, 0) is 6.54 Å². The lowest BCUT2D eigenvalue weighted by molar-refractivity contribution is 0.0923. The number of Topliss-reactive ketones (excluding diaryl/α,β-unsaturated/α-hetero) is 1. The number of carbonyl (C=O) groups excluding carboxylic acids is 1. The minimum atomic E-state index is -0.00319. The molecule has 3 nitrogen and oxygen atoms in total. The molecule has 1 heterocycles. The van der Waals surface area contributed by atoms with Crippen LogP contribution in [0.4, 0.5) is 0 Å². The van der Waals surface area contributed by atoms with Gasteiger partial charge in [0.25, 0.3) is 0 Å². The highest BCUT2D eigenvalue weighted by Crippen LogP contribution is 2.23. The highest BCUT2D eigenvalue weighted by molar-refractivity contribution is 6.08. The zero-order valence-corrected chi connectivity index (χ0v) is 14.1. The van der Waals surface area contributed by atoms with Gasteiger partial charge in [-0.05, 0) is 35.9 Å². The first-order valence-electron chi connectivity index (χ1n) is 8.49. The lowest BCUT2D eigenvalue weighted by atomic mass is 10.1. The molecule has 3 aromatic carbocycles. The predicted molar refractivity (Wildman–Crippen MR) is 101 cm³/mol.